The van der Waals surface area contributed by atoms with Crippen LogP contribution in [0.5, 0.6) is 0 Å². The van der Waals surface area contributed by atoms with E-state index in [2.05, 4.69) is 11.9 Å². The van der Waals surface area contributed by atoms with Crippen molar-refractivity contribution < 1.29 is 4.57 Å². The van der Waals surface area contributed by atoms with Gasteiger partial charge in [0, 0.05) is 16.2 Å². The zero-order valence-corrected chi connectivity index (χ0v) is 9.98. The molecule has 2 nitrogen and oxygen atoms in total. The first-order chi connectivity index (χ1) is 6.73. The number of hydrogen-bond donors (Lipinski definition) is 0. The van der Waals surface area contributed by atoms with E-state index in [1.54, 1.807) is 11.3 Å². The Labute approximate surface area is 88.1 Å². The van der Waals surface area contributed by atoms with Gasteiger partial charge in [-0.1, -0.05) is 0 Å². The molecule has 1 aromatic heterocycles. The van der Waals surface area contributed by atoms with Crippen LogP contribution in [-0.4, -0.2) is 16.3 Å². The molecule has 0 spiro atoms. The van der Waals surface area contributed by atoms with Crippen LogP contribution in [0.15, 0.2) is 5.51 Å². The van der Waals surface area contributed by atoms with Crippen molar-refractivity contribution >= 4 is 23.9 Å². The maximum atomic E-state index is 13.0. The lowest BCUT2D eigenvalue weighted by Gasteiger charge is -2.15. The van der Waals surface area contributed by atoms with Crippen LogP contribution in [0.1, 0.15) is 30.6 Å². The first-order valence-electron chi connectivity index (χ1n) is 5.23. The zero-order chi connectivity index (χ0) is 9.76. The Morgan fingerprint density at radius 3 is 2.29 bits per heavy atom. The third-order valence-corrected chi connectivity index (χ3v) is 8.45. The number of aryl methyl sites for hydroxylation is 1. The highest BCUT2D eigenvalue weighted by molar-refractivity contribution is 7.73. The summed E-state index contributed by atoms with van der Waals surface area (Å²) in [6.45, 7) is 2.06. The average Bonchev–Trinajstić information content (AvgIpc) is 3.00. The fourth-order valence-corrected chi connectivity index (χ4v) is 7.18. The van der Waals surface area contributed by atoms with Crippen LogP contribution in [0.4, 0.5) is 0 Å². The largest absolute Gasteiger partial charge is 0.316 e. The highest BCUT2D eigenvalue weighted by Gasteiger charge is 2.53. The normalized spacial score (nSPS) is 22.6. The first kappa shape index (κ1) is 9.11. The van der Waals surface area contributed by atoms with Crippen LogP contribution in [-0.2, 0) is 4.57 Å². The Morgan fingerprint density at radius 2 is 1.93 bits per heavy atom. The van der Waals surface area contributed by atoms with E-state index in [-0.39, 0.29) is 0 Å². The van der Waals surface area contributed by atoms with Crippen molar-refractivity contribution in [2.24, 2.45) is 0 Å². The van der Waals surface area contributed by atoms with E-state index in [1.165, 1.54) is 30.6 Å². The molecule has 0 radical (unpaired) electrons. The molecule has 0 saturated heterocycles. The van der Waals surface area contributed by atoms with Crippen molar-refractivity contribution in [3.05, 3.63) is 10.4 Å². The number of nitrogens with zero attached hydrogens (tertiary/aromatic N) is 1. The number of aromatic nitrogens is 1. The van der Waals surface area contributed by atoms with E-state index in [4.69, 9.17) is 0 Å². The van der Waals surface area contributed by atoms with E-state index in [9.17, 15) is 4.57 Å². The first-order valence-corrected chi connectivity index (χ1v) is 7.95. The van der Waals surface area contributed by atoms with Gasteiger partial charge in [0.15, 0.2) is 0 Å². The highest BCUT2D eigenvalue weighted by Crippen LogP contribution is 2.69. The minimum absolute atomic E-state index is 0.496. The lowest BCUT2D eigenvalue weighted by molar-refractivity contribution is 0.578. The van der Waals surface area contributed by atoms with Gasteiger partial charge in [-0.05, 0) is 32.6 Å². The Hall–Kier alpha value is -0.140. The van der Waals surface area contributed by atoms with Crippen LogP contribution in [0, 0.1) is 6.92 Å². The molecule has 2 aliphatic carbocycles. The summed E-state index contributed by atoms with van der Waals surface area (Å²) in [5.74, 6) is 0. The SMILES string of the molecule is Cc1scnc1P(=O)(C1CC1)C1CC1. The second-order valence-electron chi connectivity index (χ2n) is 4.40. The molecule has 2 saturated carbocycles. The maximum absolute atomic E-state index is 13.0. The summed E-state index contributed by atoms with van der Waals surface area (Å²) in [7, 11) is -2.08. The Kier molecular flexibility index (Phi) is 1.91. The molecule has 0 aliphatic heterocycles. The highest BCUT2D eigenvalue weighted by atomic mass is 32.1. The van der Waals surface area contributed by atoms with Crippen molar-refractivity contribution in [1.29, 1.82) is 0 Å². The van der Waals surface area contributed by atoms with E-state index in [0.29, 0.717) is 11.3 Å². The predicted molar refractivity (Wildman–Crippen MR) is 60.1 cm³/mol. The van der Waals surface area contributed by atoms with Gasteiger partial charge >= 0.3 is 0 Å². The molecule has 0 atom stereocenters. The van der Waals surface area contributed by atoms with Crippen LogP contribution in [0.3, 0.4) is 0 Å². The molecular weight excluding hydrogens is 213 g/mol. The van der Waals surface area contributed by atoms with Crippen molar-refractivity contribution in [3.63, 3.8) is 0 Å². The van der Waals surface area contributed by atoms with E-state index < -0.39 is 7.14 Å². The van der Waals surface area contributed by atoms with Gasteiger partial charge in [-0.3, -0.25) is 0 Å². The van der Waals surface area contributed by atoms with Crippen molar-refractivity contribution in [2.75, 3.05) is 0 Å². The van der Waals surface area contributed by atoms with E-state index in [0.717, 1.165) is 5.44 Å². The van der Waals surface area contributed by atoms with Crippen molar-refractivity contribution in [1.82, 2.24) is 4.98 Å². The second-order valence-corrected chi connectivity index (χ2v) is 8.77. The molecule has 14 heavy (non-hydrogen) atoms. The molecule has 0 N–H and O–H groups in total. The summed E-state index contributed by atoms with van der Waals surface area (Å²) >= 11 is 1.64. The number of thiazole rings is 1. The minimum Gasteiger partial charge on any atom is -0.316 e. The van der Waals surface area contributed by atoms with Crippen molar-refractivity contribution in [2.45, 2.75) is 43.9 Å². The third kappa shape index (κ3) is 1.22. The molecule has 1 aromatic rings. The number of rotatable bonds is 3. The molecule has 0 unspecified atom stereocenters. The standard InChI is InChI=1S/C10H14NOPS/c1-7-10(11-6-14-7)13(12,8-2-3-8)9-4-5-9/h6,8-9H,2-5H2,1H3. The fourth-order valence-electron chi connectivity index (χ4n) is 2.20. The minimum atomic E-state index is -2.08. The summed E-state index contributed by atoms with van der Waals surface area (Å²) in [6, 6.07) is 0. The molecular formula is C10H14NOPS. The average molecular weight is 227 g/mol. The lowest BCUT2D eigenvalue weighted by atomic mass is 10.6. The summed E-state index contributed by atoms with van der Waals surface area (Å²) < 4.78 is 13.0. The maximum Gasteiger partial charge on any atom is 0.140 e. The number of hydrogen-bond acceptors (Lipinski definition) is 3. The molecule has 2 aliphatic rings. The molecule has 0 amide bonds. The smallest absolute Gasteiger partial charge is 0.140 e. The van der Waals surface area contributed by atoms with Gasteiger partial charge in [-0.2, -0.15) is 0 Å². The van der Waals surface area contributed by atoms with Crippen LogP contribution >= 0.6 is 18.5 Å². The van der Waals surface area contributed by atoms with Crippen molar-refractivity contribution in [3.8, 4) is 0 Å². The topological polar surface area (TPSA) is 30.0 Å². The zero-order valence-electron chi connectivity index (χ0n) is 8.27. The van der Waals surface area contributed by atoms with Gasteiger partial charge in [0.1, 0.15) is 12.6 Å². The quantitative estimate of drug-likeness (QED) is 0.743. The van der Waals surface area contributed by atoms with Gasteiger partial charge in [-0.15, -0.1) is 11.3 Å². The van der Waals surface area contributed by atoms with Gasteiger partial charge in [0.25, 0.3) is 0 Å². The molecule has 3 rings (SSSR count). The molecule has 1 heterocycles. The van der Waals surface area contributed by atoms with E-state index >= 15 is 0 Å². The van der Waals surface area contributed by atoms with Gasteiger partial charge in [0.05, 0.1) is 5.51 Å². The van der Waals surface area contributed by atoms with Gasteiger partial charge in [-0.25, -0.2) is 4.98 Å². The van der Waals surface area contributed by atoms with Crippen LogP contribution in [0.25, 0.3) is 0 Å². The van der Waals surface area contributed by atoms with Gasteiger partial charge in [0.2, 0.25) is 0 Å². The molecule has 2 fully saturated rings. The fraction of sp³-hybridized carbons (Fsp3) is 0.700. The second kappa shape index (κ2) is 2.93. The molecule has 4 heteroatoms. The summed E-state index contributed by atoms with van der Waals surface area (Å²) in [5, 5.41) is 0. The van der Waals surface area contributed by atoms with Crippen LogP contribution in [0.2, 0.25) is 0 Å². The Morgan fingerprint density at radius 1 is 1.36 bits per heavy atom. The molecule has 76 valence electrons. The van der Waals surface area contributed by atoms with Gasteiger partial charge < -0.3 is 4.57 Å². The summed E-state index contributed by atoms with van der Waals surface area (Å²) in [5.41, 5.74) is 3.82. The molecule has 0 bridgehead atoms. The monoisotopic (exact) mass is 227 g/mol. The summed E-state index contributed by atoms with van der Waals surface area (Å²) in [4.78, 5) is 5.55. The third-order valence-electron chi connectivity index (χ3n) is 3.23. The predicted octanol–water partition coefficient (Wildman–Crippen LogP) is 2.76. The Balaban J connectivity index is 2.07. The molecule has 0 aromatic carbocycles. The summed E-state index contributed by atoms with van der Waals surface area (Å²) in [6.07, 6.45) is 4.69. The Bertz CT molecular complexity index is 390. The lowest BCUT2D eigenvalue weighted by Crippen LogP contribution is -2.15. The van der Waals surface area contributed by atoms with Crippen LogP contribution < -0.4 is 5.44 Å². The van der Waals surface area contributed by atoms with E-state index in [1.807, 2.05) is 5.51 Å².